The largest absolute Gasteiger partial charge is 0.357 e. The van der Waals surface area contributed by atoms with E-state index in [4.69, 9.17) is 0 Å². The third kappa shape index (κ3) is 5.39. The summed E-state index contributed by atoms with van der Waals surface area (Å²) in [6.07, 6.45) is 5.63. The minimum atomic E-state index is -0.0431. The molecular formula is C25H30BN5OS. The van der Waals surface area contributed by atoms with Crippen LogP contribution in [0.2, 0.25) is 6.32 Å². The van der Waals surface area contributed by atoms with Crippen LogP contribution < -0.4 is 15.1 Å². The monoisotopic (exact) mass is 459 g/mol. The van der Waals surface area contributed by atoms with E-state index in [2.05, 4.69) is 57.7 Å². The van der Waals surface area contributed by atoms with Gasteiger partial charge in [-0.3, -0.25) is 4.79 Å². The number of carbonyl (C=O) groups excluding carboxylic acids is 1. The number of thioether (sulfide) groups is 1. The molecule has 0 radical (unpaired) electrons. The maximum atomic E-state index is 13.4. The van der Waals surface area contributed by atoms with E-state index in [1.807, 2.05) is 42.3 Å². The van der Waals surface area contributed by atoms with Crippen LogP contribution in [0.25, 0.3) is 0 Å². The fourth-order valence-electron chi connectivity index (χ4n) is 4.30. The Bertz CT molecular complexity index is 1100. The number of benzene rings is 2. The molecule has 2 heterocycles. The van der Waals surface area contributed by atoms with E-state index in [0.717, 1.165) is 25.6 Å². The van der Waals surface area contributed by atoms with Crippen LogP contribution in [-0.4, -0.2) is 56.6 Å². The van der Waals surface area contributed by atoms with Crippen molar-refractivity contribution in [2.24, 2.45) is 0 Å². The van der Waals surface area contributed by atoms with Crippen molar-refractivity contribution in [3.63, 3.8) is 0 Å². The molecule has 6 nitrogen and oxygen atoms in total. The van der Waals surface area contributed by atoms with Crippen molar-refractivity contribution in [2.45, 2.75) is 23.8 Å². The quantitative estimate of drug-likeness (QED) is 0.316. The Morgan fingerprint density at radius 1 is 1.15 bits per heavy atom. The first-order valence-electron chi connectivity index (χ1n) is 11.4. The lowest BCUT2D eigenvalue weighted by Gasteiger charge is -2.22. The van der Waals surface area contributed by atoms with Gasteiger partial charge in [-0.15, -0.1) is 0 Å². The zero-order chi connectivity index (χ0) is 23.2. The van der Waals surface area contributed by atoms with Gasteiger partial charge in [0.1, 0.15) is 18.7 Å². The highest BCUT2D eigenvalue weighted by atomic mass is 32.2. The first kappa shape index (κ1) is 23.3. The number of fused-ring (bicyclic) bond motifs is 1. The predicted octanol–water partition coefficient (Wildman–Crippen LogP) is 3.61. The van der Waals surface area contributed by atoms with Crippen molar-refractivity contribution >= 4 is 36.5 Å². The Hall–Kier alpha value is -2.84. The first-order valence-corrected chi connectivity index (χ1v) is 12.6. The molecule has 0 aliphatic carbocycles. The van der Waals surface area contributed by atoms with Crippen molar-refractivity contribution in [1.29, 1.82) is 0 Å². The van der Waals surface area contributed by atoms with Crippen LogP contribution in [0.15, 0.2) is 66.0 Å². The average molecular weight is 459 g/mol. The molecule has 8 heteroatoms. The van der Waals surface area contributed by atoms with E-state index in [0.29, 0.717) is 35.7 Å². The molecule has 0 fully saturated rings. The molecule has 1 unspecified atom stereocenters. The Morgan fingerprint density at radius 3 is 2.73 bits per heavy atom. The lowest BCUT2D eigenvalue weighted by molar-refractivity contribution is 0.0989. The third-order valence-electron chi connectivity index (χ3n) is 6.16. The summed E-state index contributed by atoms with van der Waals surface area (Å²) in [5.41, 5.74) is 4.05. The van der Waals surface area contributed by atoms with Crippen molar-refractivity contribution < 1.29 is 4.79 Å². The summed E-state index contributed by atoms with van der Waals surface area (Å²) in [5, 5.41) is 4.11. The fraction of sp³-hybridized carbons (Fsp3) is 0.320. The molecule has 2 aromatic carbocycles. The molecule has 0 spiro atoms. The molecule has 4 rings (SSSR count). The van der Waals surface area contributed by atoms with E-state index >= 15 is 0 Å². The van der Waals surface area contributed by atoms with Crippen molar-refractivity contribution in [3.05, 3.63) is 77.5 Å². The SMILES string of the molecule is CNC(CBCc1cccc(N2CCN(C)c3nc(SC)ncc3C2=O)c1)c1ccccc1. The van der Waals surface area contributed by atoms with Crippen molar-refractivity contribution in [3.8, 4) is 0 Å². The van der Waals surface area contributed by atoms with E-state index in [9.17, 15) is 4.79 Å². The summed E-state index contributed by atoms with van der Waals surface area (Å²) >= 11 is 1.48. The Morgan fingerprint density at radius 2 is 1.97 bits per heavy atom. The maximum absolute atomic E-state index is 13.4. The Labute approximate surface area is 201 Å². The number of hydrogen-bond donors (Lipinski definition) is 1. The molecule has 0 saturated heterocycles. The average Bonchev–Trinajstić information content (AvgIpc) is 2.98. The summed E-state index contributed by atoms with van der Waals surface area (Å²) in [6, 6.07) is 19.3. The first-order chi connectivity index (χ1) is 16.1. The van der Waals surface area contributed by atoms with Crippen LogP contribution in [0.4, 0.5) is 11.5 Å². The number of anilines is 2. The third-order valence-corrected chi connectivity index (χ3v) is 6.72. The summed E-state index contributed by atoms with van der Waals surface area (Å²) < 4.78 is 0. The molecule has 1 amide bonds. The van der Waals surface area contributed by atoms with Crippen molar-refractivity contribution in [1.82, 2.24) is 15.3 Å². The van der Waals surface area contributed by atoms with E-state index < -0.39 is 0 Å². The molecule has 1 N–H and O–H groups in total. The lowest BCUT2D eigenvalue weighted by atomic mass is 9.65. The van der Waals surface area contributed by atoms with Crippen LogP contribution in [-0.2, 0) is 6.32 Å². The van der Waals surface area contributed by atoms with Gasteiger partial charge < -0.3 is 15.1 Å². The molecule has 3 aromatic rings. The molecule has 33 heavy (non-hydrogen) atoms. The molecule has 0 saturated carbocycles. The number of nitrogens with one attached hydrogen (secondary N) is 1. The molecular weight excluding hydrogens is 429 g/mol. The highest BCUT2D eigenvalue weighted by molar-refractivity contribution is 7.98. The topological polar surface area (TPSA) is 61.4 Å². The minimum absolute atomic E-state index is 0.0431. The molecule has 0 bridgehead atoms. The van der Waals surface area contributed by atoms with Crippen LogP contribution in [0.3, 0.4) is 0 Å². The molecule has 1 aliphatic heterocycles. The second kappa shape index (κ2) is 10.9. The highest BCUT2D eigenvalue weighted by Gasteiger charge is 2.28. The van der Waals surface area contributed by atoms with Gasteiger partial charge in [-0.2, -0.15) is 0 Å². The number of nitrogens with zero attached hydrogens (tertiary/aromatic N) is 4. The summed E-state index contributed by atoms with van der Waals surface area (Å²) in [7, 11) is 5.06. The number of likely N-dealkylation sites (N-methyl/N-ethyl adjacent to an activating group) is 1. The van der Waals surface area contributed by atoms with E-state index in [1.54, 1.807) is 6.20 Å². The predicted molar refractivity (Wildman–Crippen MR) is 139 cm³/mol. The van der Waals surface area contributed by atoms with Gasteiger partial charge in [0.2, 0.25) is 0 Å². The summed E-state index contributed by atoms with van der Waals surface area (Å²) in [4.78, 5) is 26.2. The second-order valence-corrected chi connectivity index (χ2v) is 9.06. The molecule has 170 valence electrons. The molecule has 1 aliphatic rings. The number of rotatable bonds is 8. The number of hydrogen-bond acceptors (Lipinski definition) is 6. The van der Waals surface area contributed by atoms with Gasteiger partial charge in [0.15, 0.2) is 5.16 Å². The van der Waals surface area contributed by atoms with Gasteiger partial charge >= 0.3 is 0 Å². The zero-order valence-electron chi connectivity index (χ0n) is 19.5. The van der Waals surface area contributed by atoms with Crippen molar-refractivity contribution in [2.75, 3.05) is 43.2 Å². The Kier molecular flexibility index (Phi) is 7.67. The smallest absolute Gasteiger partial charge is 0.263 e. The van der Waals surface area contributed by atoms with Crippen LogP contribution in [0, 0.1) is 0 Å². The van der Waals surface area contributed by atoms with Gasteiger partial charge in [0, 0.05) is 38.1 Å². The number of carbonyl (C=O) groups is 1. The van der Waals surface area contributed by atoms with Crippen LogP contribution in [0.1, 0.15) is 27.5 Å². The fourth-order valence-corrected chi connectivity index (χ4v) is 4.64. The van der Waals surface area contributed by atoms with E-state index in [-0.39, 0.29) is 5.91 Å². The van der Waals surface area contributed by atoms with Gasteiger partial charge in [-0.1, -0.05) is 72.4 Å². The summed E-state index contributed by atoms with van der Waals surface area (Å²) in [6.45, 7) is 1.33. The van der Waals surface area contributed by atoms with Gasteiger partial charge in [0.05, 0.1) is 0 Å². The van der Waals surface area contributed by atoms with Gasteiger partial charge in [-0.25, -0.2) is 9.97 Å². The second-order valence-electron chi connectivity index (χ2n) is 8.29. The van der Waals surface area contributed by atoms with Crippen LogP contribution in [0.5, 0.6) is 0 Å². The maximum Gasteiger partial charge on any atom is 0.263 e. The normalized spacial score (nSPS) is 14.6. The Balaban J connectivity index is 1.47. The lowest BCUT2D eigenvalue weighted by Crippen LogP contribution is -2.33. The van der Waals surface area contributed by atoms with Gasteiger partial charge in [-0.05, 0) is 31.0 Å². The van der Waals surface area contributed by atoms with Crippen LogP contribution >= 0.6 is 11.8 Å². The molecule has 1 atom stereocenters. The van der Waals surface area contributed by atoms with Gasteiger partial charge in [0.25, 0.3) is 5.91 Å². The minimum Gasteiger partial charge on any atom is -0.357 e. The van der Waals surface area contributed by atoms with E-state index in [1.165, 1.54) is 22.9 Å². The summed E-state index contributed by atoms with van der Waals surface area (Å²) in [5.74, 6) is 0.663. The molecule has 1 aromatic heterocycles. The standard InChI is InChI=1S/C25H30BN5OS/c1-27-22(19-9-5-4-6-10-19)16-26-15-18-8-7-11-20(14-18)31-13-12-30(2)23-21(24(31)32)17-28-25(29-23)33-3/h4-11,14,17,22,26-27H,12-13,15-16H2,1-3H3. The zero-order valence-corrected chi connectivity index (χ0v) is 20.3. The number of amides is 1. The number of aromatic nitrogens is 2. The highest BCUT2D eigenvalue weighted by Crippen LogP contribution is 2.27.